The maximum absolute atomic E-state index is 10.5. The van der Waals surface area contributed by atoms with E-state index in [1.807, 2.05) is 0 Å². The fourth-order valence-corrected chi connectivity index (χ4v) is 0.963. The molecule has 0 unspecified atom stereocenters. The summed E-state index contributed by atoms with van der Waals surface area (Å²) in [7, 11) is 2.08. The Morgan fingerprint density at radius 1 is 1.42 bits per heavy atom. The van der Waals surface area contributed by atoms with Crippen molar-refractivity contribution in [1.29, 1.82) is 0 Å². The summed E-state index contributed by atoms with van der Waals surface area (Å²) in [5.74, 6) is 0.0545. The highest BCUT2D eigenvalue weighted by molar-refractivity contribution is 5.72. The standard InChI is InChI=1S/C9H20N2O/c1-4-5-7-11(3)8-6-10-9(2)12/h4-8H2,1-3H3,(H,10,12). The minimum atomic E-state index is 0.0545. The third-order valence-corrected chi connectivity index (χ3v) is 1.76. The Hall–Kier alpha value is -0.570. The van der Waals surface area contributed by atoms with E-state index in [2.05, 4.69) is 24.2 Å². The number of nitrogens with one attached hydrogen (secondary N) is 1. The maximum atomic E-state index is 10.5. The van der Waals surface area contributed by atoms with Gasteiger partial charge in [0.1, 0.15) is 0 Å². The number of unbranched alkanes of at least 4 members (excludes halogenated alkanes) is 1. The molecule has 0 aromatic rings. The lowest BCUT2D eigenvalue weighted by atomic mass is 10.3. The van der Waals surface area contributed by atoms with E-state index in [0.717, 1.165) is 19.6 Å². The molecule has 1 amide bonds. The first-order valence-corrected chi connectivity index (χ1v) is 4.59. The second-order valence-corrected chi connectivity index (χ2v) is 3.14. The van der Waals surface area contributed by atoms with Crippen LogP contribution in [0.2, 0.25) is 0 Å². The molecule has 3 heteroatoms. The van der Waals surface area contributed by atoms with Crippen molar-refractivity contribution in [3.05, 3.63) is 0 Å². The van der Waals surface area contributed by atoms with Gasteiger partial charge in [-0.05, 0) is 20.0 Å². The molecule has 0 rings (SSSR count). The van der Waals surface area contributed by atoms with Crippen molar-refractivity contribution < 1.29 is 4.79 Å². The smallest absolute Gasteiger partial charge is 0.216 e. The normalized spacial score (nSPS) is 10.3. The van der Waals surface area contributed by atoms with Crippen LogP contribution in [0.3, 0.4) is 0 Å². The van der Waals surface area contributed by atoms with E-state index in [1.165, 1.54) is 12.8 Å². The topological polar surface area (TPSA) is 32.3 Å². The molecule has 0 heterocycles. The van der Waals surface area contributed by atoms with Crippen LogP contribution < -0.4 is 5.32 Å². The average Bonchev–Trinajstić information content (AvgIpc) is 2.00. The first kappa shape index (κ1) is 11.4. The van der Waals surface area contributed by atoms with Gasteiger partial charge in [-0.25, -0.2) is 0 Å². The summed E-state index contributed by atoms with van der Waals surface area (Å²) < 4.78 is 0. The zero-order valence-corrected chi connectivity index (χ0v) is 8.39. The number of carbonyl (C=O) groups excluding carboxylic acids is 1. The largest absolute Gasteiger partial charge is 0.355 e. The molecule has 0 aliphatic rings. The van der Waals surface area contributed by atoms with Crippen LogP contribution in [-0.2, 0) is 4.79 Å². The molecule has 0 fully saturated rings. The third-order valence-electron chi connectivity index (χ3n) is 1.76. The summed E-state index contributed by atoms with van der Waals surface area (Å²) in [5.41, 5.74) is 0. The van der Waals surface area contributed by atoms with Gasteiger partial charge in [-0.15, -0.1) is 0 Å². The van der Waals surface area contributed by atoms with Gasteiger partial charge in [-0.3, -0.25) is 4.79 Å². The molecule has 0 aliphatic heterocycles. The lowest BCUT2D eigenvalue weighted by molar-refractivity contribution is -0.118. The fourth-order valence-electron chi connectivity index (χ4n) is 0.963. The van der Waals surface area contributed by atoms with Crippen LogP contribution in [0.25, 0.3) is 0 Å². The van der Waals surface area contributed by atoms with Crippen molar-refractivity contribution >= 4 is 5.91 Å². The van der Waals surface area contributed by atoms with Gasteiger partial charge in [0.2, 0.25) is 5.91 Å². The summed E-state index contributed by atoms with van der Waals surface area (Å²) in [5, 5.41) is 2.77. The third kappa shape index (κ3) is 7.54. The summed E-state index contributed by atoms with van der Waals surface area (Å²) >= 11 is 0. The SMILES string of the molecule is CCCCN(C)CCNC(C)=O. The van der Waals surface area contributed by atoms with Crippen LogP contribution in [0.1, 0.15) is 26.7 Å². The van der Waals surface area contributed by atoms with E-state index in [4.69, 9.17) is 0 Å². The molecule has 0 saturated carbocycles. The summed E-state index contributed by atoms with van der Waals surface area (Å²) in [6.07, 6.45) is 2.46. The molecular weight excluding hydrogens is 152 g/mol. The van der Waals surface area contributed by atoms with Gasteiger partial charge < -0.3 is 10.2 Å². The minimum absolute atomic E-state index is 0.0545. The van der Waals surface area contributed by atoms with Crippen molar-refractivity contribution in [3.8, 4) is 0 Å². The quantitative estimate of drug-likeness (QED) is 0.644. The van der Waals surface area contributed by atoms with Gasteiger partial charge in [0, 0.05) is 20.0 Å². The lowest BCUT2D eigenvalue weighted by Crippen LogP contribution is -2.32. The van der Waals surface area contributed by atoms with Crippen molar-refractivity contribution in [2.75, 3.05) is 26.7 Å². The number of carbonyl (C=O) groups is 1. The zero-order chi connectivity index (χ0) is 9.40. The number of hydrogen-bond acceptors (Lipinski definition) is 2. The summed E-state index contributed by atoms with van der Waals surface area (Å²) in [6, 6.07) is 0. The number of hydrogen-bond donors (Lipinski definition) is 1. The highest BCUT2D eigenvalue weighted by Crippen LogP contribution is 1.89. The first-order chi connectivity index (χ1) is 5.66. The lowest BCUT2D eigenvalue weighted by Gasteiger charge is -2.15. The molecule has 0 aliphatic carbocycles. The van der Waals surface area contributed by atoms with Gasteiger partial charge in [-0.2, -0.15) is 0 Å². The summed E-state index contributed by atoms with van der Waals surface area (Å²) in [6.45, 7) is 6.55. The molecule has 0 bridgehead atoms. The van der Waals surface area contributed by atoms with E-state index < -0.39 is 0 Å². The second kappa shape index (κ2) is 7.10. The minimum Gasteiger partial charge on any atom is -0.355 e. The number of likely N-dealkylation sites (N-methyl/N-ethyl adjacent to an activating group) is 1. The number of nitrogens with zero attached hydrogens (tertiary/aromatic N) is 1. The van der Waals surface area contributed by atoms with Crippen molar-refractivity contribution in [2.45, 2.75) is 26.7 Å². The van der Waals surface area contributed by atoms with Crippen molar-refractivity contribution in [2.24, 2.45) is 0 Å². The molecule has 0 aromatic heterocycles. The predicted molar refractivity (Wildman–Crippen MR) is 51.1 cm³/mol. The molecule has 3 nitrogen and oxygen atoms in total. The molecule has 12 heavy (non-hydrogen) atoms. The van der Waals surface area contributed by atoms with Crippen LogP contribution in [0.4, 0.5) is 0 Å². The Morgan fingerprint density at radius 3 is 2.58 bits per heavy atom. The second-order valence-electron chi connectivity index (χ2n) is 3.14. The van der Waals surface area contributed by atoms with E-state index in [1.54, 1.807) is 6.92 Å². The Balaban J connectivity index is 3.19. The van der Waals surface area contributed by atoms with E-state index in [0.29, 0.717) is 0 Å². The molecule has 0 atom stereocenters. The average molecular weight is 172 g/mol. The molecule has 0 aromatic carbocycles. The van der Waals surface area contributed by atoms with Crippen LogP contribution >= 0.6 is 0 Å². The summed E-state index contributed by atoms with van der Waals surface area (Å²) in [4.78, 5) is 12.7. The van der Waals surface area contributed by atoms with Crippen LogP contribution in [-0.4, -0.2) is 37.5 Å². The van der Waals surface area contributed by atoms with E-state index in [-0.39, 0.29) is 5.91 Å². The van der Waals surface area contributed by atoms with Gasteiger partial charge in [0.25, 0.3) is 0 Å². The Morgan fingerprint density at radius 2 is 2.08 bits per heavy atom. The van der Waals surface area contributed by atoms with Crippen LogP contribution in [0.15, 0.2) is 0 Å². The number of amides is 1. The van der Waals surface area contributed by atoms with Crippen molar-refractivity contribution in [3.63, 3.8) is 0 Å². The highest BCUT2D eigenvalue weighted by Gasteiger charge is 1.96. The molecule has 0 spiro atoms. The monoisotopic (exact) mass is 172 g/mol. The predicted octanol–water partition coefficient (Wildman–Crippen LogP) is 0.854. The van der Waals surface area contributed by atoms with Gasteiger partial charge >= 0.3 is 0 Å². The molecule has 1 N–H and O–H groups in total. The fraction of sp³-hybridized carbons (Fsp3) is 0.889. The van der Waals surface area contributed by atoms with Gasteiger partial charge in [-0.1, -0.05) is 13.3 Å². The Labute approximate surface area is 75.1 Å². The van der Waals surface area contributed by atoms with Crippen LogP contribution in [0, 0.1) is 0 Å². The molecule has 72 valence electrons. The molecular formula is C9H20N2O. The van der Waals surface area contributed by atoms with Crippen molar-refractivity contribution in [1.82, 2.24) is 10.2 Å². The number of rotatable bonds is 6. The Bertz CT molecular complexity index is 126. The van der Waals surface area contributed by atoms with E-state index >= 15 is 0 Å². The van der Waals surface area contributed by atoms with Crippen LogP contribution in [0.5, 0.6) is 0 Å². The Kier molecular flexibility index (Phi) is 6.76. The highest BCUT2D eigenvalue weighted by atomic mass is 16.1. The zero-order valence-electron chi connectivity index (χ0n) is 8.39. The van der Waals surface area contributed by atoms with E-state index in [9.17, 15) is 4.79 Å². The molecule has 0 saturated heterocycles. The van der Waals surface area contributed by atoms with Gasteiger partial charge in [0.05, 0.1) is 0 Å². The molecule has 0 radical (unpaired) electrons. The first-order valence-electron chi connectivity index (χ1n) is 4.59. The maximum Gasteiger partial charge on any atom is 0.216 e. The van der Waals surface area contributed by atoms with Gasteiger partial charge in [0.15, 0.2) is 0 Å².